The standard InChI is InChI=1S/C18H19ClN4O2/c1-12-15(19)5-4-6-16(12)21-17(24)18(25)22-20-11-13-7-9-14(10-8-13)23(2)3/h4-11H,1-3H3,(H,21,24)(H,22,25)/b20-11-. The molecule has 0 atom stereocenters. The second kappa shape index (κ2) is 8.30. The van der Waals surface area contributed by atoms with Gasteiger partial charge in [0.15, 0.2) is 0 Å². The van der Waals surface area contributed by atoms with Gasteiger partial charge in [-0.15, -0.1) is 0 Å². The third kappa shape index (κ3) is 5.06. The van der Waals surface area contributed by atoms with Gasteiger partial charge in [-0.3, -0.25) is 9.59 Å². The van der Waals surface area contributed by atoms with Crippen LogP contribution in [0.25, 0.3) is 0 Å². The van der Waals surface area contributed by atoms with Crippen molar-refractivity contribution in [2.45, 2.75) is 6.92 Å². The summed E-state index contributed by atoms with van der Waals surface area (Å²) in [6.07, 6.45) is 1.47. The molecule has 2 amide bonds. The van der Waals surface area contributed by atoms with Crippen molar-refractivity contribution in [2.24, 2.45) is 5.10 Å². The highest BCUT2D eigenvalue weighted by Crippen LogP contribution is 2.22. The molecule has 0 unspecified atom stereocenters. The number of halogens is 1. The maximum Gasteiger partial charge on any atom is 0.329 e. The molecule has 6 nitrogen and oxygen atoms in total. The molecule has 25 heavy (non-hydrogen) atoms. The minimum atomic E-state index is -0.861. The summed E-state index contributed by atoms with van der Waals surface area (Å²) in [6.45, 7) is 1.76. The highest BCUT2D eigenvalue weighted by molar-refractivity contribution is 6.40. The monoisotopic (exact) mass is 358 g/mol. The van der Waals surface area contributed by atoms with Gasteiger partial charge < -0.3 is 10.2 Å². The Bertz CT molecular complexity index is 801. The Morgan fingerprint density at radius 1 is 1.08 bits per heavy atom. The van der Waals surface area contributed by atoms with Crippen LogP contribution in [-0.2, 0) is 9.59 Å². The zero-order valence-electron chi connectivity index (χ0n) is 14.2. The zero-order chi connectivity index (χ0) is 18.4. The largest absolute Gasteiger partial charge is 0.378 e. The van der Waals surface area contributed by atoms with E-state index in [0.29, 0.717) is 16.3 Å². The van der Waals surface area contributed by atoms with E-state index in [2.05, 4.69) is 15.8 Å². The minimum Gasteiger partial charge on any atom is -0.378 e. The van der Waals surface area contributed by atoms with Crippen molar-refractivity contribution in [3.63, 3.8) is 0 Å². The van der Waals surface area contributed by atoms with E-state index in [0.717, 1.165) is 11.3 Å². The quantitative estimate of drug-likeness (QED) is 0.501. The molecule has 0 heterocycles. The van der Waals surface area contributed by atoms with Gasteiger partial charge in [-0.05, 0) is 42.3 Å². The molecule has 7 heteroatoms. The predicted octanol–water partition coefficient (Wildman–Crippen LogP) is 2.80. The van der Waals surface area contributed by atoms with E-state index in [1.165, 1.54) is 6.21 Å². The topological polar surface area (TPSA) is 73.8 Å². The second-order valence-corrected chi connectivity index (χ2v) is 5.96. The first kappa shape index (κ1) is 18.5. The molecule has 2 aromatic carbocycles. The van der Waals surface area contributed by atoms with Crippen LogP contribution in [0.4, 0.5) is 11.4 Å². The number of anilines is 2. The number of carbonyl (C=O) groups is 2. The fourth-order valence-corrected chi connectivity index (χ4v) is 2.17. The van der Waals surface area contributed by atoms with Crippen molar-refractivity contribution in [1.82, 2.24) is 5.43 Å². The maximum atomic E-state index is 11.9. The van der Waals surface area contributed by atoms with Gasteiger partial charge in [0.25, 0.3) is 0 Å². The summed E-state index contributed by atoms with van der Waals surface area (Å²) in [5, 5.41) is 6.81. The molecule has 0 saturated heterocycles. The highest BCUT2D eigenvalue weighted by atomic mass is 35.5. The molecule has 0 fully saturated rings. The number of hydrazone groups is 1. The number of nitrogens with zero attached hydrogens (tertiary/aromatic N) is 2. The molecule has 0 aromatic heterocycles. The van der Waals surface area contributed by atoms with Gasteiger partial charge in [0.05, 0.1) is 6.21 Å². The van der Waals surface area contributed by atoms with Crippen molar-refractivity contribution >= 4 is 41.0 Å². The summed E-state index contributed by atoms with van der Waals surface area (Å²) in [6, 6.07) is 12.6. The Balaban J connectivity index is 1.92. The number of carbonyl (C=O) groups excluding carboxylic acids is 2. The van der Waals surface area contributed by atoms with Crippen LogP contribution in [-0.4, -0.2) is 32.1 Å². The van der Waals surface area contributed by atoms with Crippen molar-refractivity contribution < 1.29 is 9.59 Å². The SMILES string of the molecule is Cc1c(Cl)cccc1NC(=O)C(=O)N/N=C\c1ccc(N(C)C)cc1. The molecule has 0 saturated carbocycles. The van der Waals surface area contributed by atoms with Crippen LogP contribution in [0.1, 0.15) is 11.1 Å². The molecular formula is C18H19ClN4O2. The summed E-state index contributed by atoms with van der Waals surface area (Å²) < 4.78 is 0. The third-order valence-electron chi connectivity index (χ3n) is 3.51. The van der Waals surface area contributed by atoms with E-state index in [1.54, 1.807) is 25.1 Å². The number of hydrogen-bond acceptors (Lipinski definition) is 4. The van der Waals surface area contributed by atoms with Crippen LogP contribution >= 0.6 is 11.6 Å². The summed E-state index contributed by atoms with van der Waals surface area (Å²) in [7, 11) is 3.90. The molecule has 2 N–H and O–H groups in total. The first-order valence-corrected chi connectivity index (χ1v) is 7.93. The number of hydrogen-bond donors (Lipinski definition) is 2. The molecule has 0 aliphatic carbocycles. The Hall–Kier alpha value is -2.86. The fraction of sp³-hybridized carbons (Fsp3) is 0.167. The second-order valence-electron chi connectivity index (χ2n) is 5.55. The van der Waals surface area contributed by atoms with Crippen LogP contribution < -0.4 is 15.6 Å². The van der Waals surface area contributed by atoms with Crippen molar-refractivity contribution in [1.29, 1.82) is 0 Å². The summed E-state index contributed by atoms with van der Waals surface area (Å²) in [5.41, 5.74) is 5.23. The van der Waals surface area contributed by atoms with Gasteiger partial charge in [0, 0.05) is 30.5 Å². The van der Waals surface area contributed by atoms with Crippen molar-refractivity contribution in [3.05, 3.63) is 58.6 Å². The lowest BCUT2D eigenvalue weighted by Gasteiger charge is -2.11. The van der Waals surface area contributed by atoms with Gasteiger partial charge in [-0.1, -0.05) is 29.8 Å². The lowest BCUT2D eigenvalue weighted by Crippen LogP contribution is -2.32. The van der Waals surface area contributed by atoms with Gasteiger partial charge in [0.1, 0.15) is 0 Å². The fourth-order valence-electron chi connectivity index (χ4n) is 2.00. The maximum absolute atomic E-state index is 11.9. The van der Waals surface area contributed by atoms with Crippen LogP contribution in [0.5, 0.6) is 0 Å². The van der Waals surface area contributed by atoms with Crippen LogP contribution in [0.3, 0.4) is 0 Å². The number of benzene rings is 2. The van der Waals surface area contributed by atoms with E-state index in [-0.39, 0.29) is 0 Å². The summed E-state index contributed by atoms with van der Waals surface area (Å²) >= 11 is 5.98. The van der Waals surface area contributed by atoms with Crippen molar-refractivity contribution in [2.75, 3.05) is 24.3 Å². The summed E-state index contributed by atoms with van der Waals surface area (Å²) in [5.74, 6) is -1.67. The molecular weight excluding hydrogens is 340 g/mol. The summed E-state index contributed by atoms with van der Waals surface area (Å²) in [4.78, 5) is 25.7. The third-order valence-corrected chi connectivity index (χ3v) is 3.92. The molecule has 0 bridgehead atoms. The molecule has 0 aliphatic heterocycles. The predicted molar refractivity (Wildman–Crippen MR) is 101 cm³/mol. The Morgan fingerprint density at radius 2 is 1.76 bits per heavy atom. The first-order valence-electron chi connectivity index (χ1n) is 7.55. The van der Waals surface area contributed by atoms with Gasteiger partial charge in [0.2, 0.25) is 0 Å². The Kier molecular flexibility index (Phi) is 6.14. The van der Waals surface area contributed by atoms with E-state index in [9.17, 15) is 9.59 Å². The first-order chi connectivity index (χ1) is 11.9. The van der Waals surface area contributed by atoms with E-state index < -0.39 is 11.8 Å². The molecule has 0 spiro atoms. The van der Waals surface area contributed by atoms with Crippen LogP contribution in [0.15, 0.2) is 47.6 Å². The normalized spacial score (nSPS) is 10.6. The van der Waals surface area contributed by atoms with Crippen molar-refractivity contribution in [3.8, 4) is 0 Å². The molecule has 0 aliphatic rings. The number of amides is 2. The lowest BCUT2D eigenvalue weighted by molar-refractivity contribution is -0.136. The van der Waals surface area contributed by atoms with Crippen LogP contribution in [0.2, 0.25) is 5.02 Å². The molecule has 2 aromatic rings. The van der Waals surface area contributed by atoms with Gasteiger partial charge in [-0.2, -0.15) is 5.10 Å². The zero-order valence-corrected chi connectivity index (χ0v) is 15.0. The van der Waals surface area contributed by atoms with Crippen LogP contribution in [0, 0.1) is 6.92 Å². The van der Waals surface area contributed by atoms with Gasteiger partial charge in [-0.25, -0.2) is 5.43 Å². The number of nitrogens with one attached hydrogen (secondary N) is 2. The smallest absolute Gasteiger partial charge is 0.329 e. The van der Waals surface area contributed by atoms with Gasteiger partial charge >= 0.3 is 11.8 Å². The molecule has 130 valence electrons. The molecule has 0 radical (unpaired) electrons. The highest BCUT2D eigenvalue weighted by Gasteiger charge is 2.14. The molecule has 2 rings (SSSR count). The average Bonchev–Trinajstić information content (AvgIpc) is 2.59. The minimum absolute atomic E-state index is 0.482. The Morgan fingerprint density at radius 3 is 2.40 bits per heavy atom. The number of rotatable bonds is 4. The van der Waals surface area contributed by atoms with E-state index >= 15 is 0 Å². The Labute approximate surface area is 151 Å². The van der Waals surface area contributed by atoms with E-state index in [1.807, 2.05) is 43.3 Å². The lowest BCUT2D eigenvalue weighted by atomic mass is 10.2. The van der Waals surface area contributed by atoms with E-state index in [4.69, 9.17) is 11.6 Å². The average molecular weight is 359 g/mol.